The molecule has 0 aromatic heterocycles. The fourth-order valence-electron chi connectivity index (χ4n) is 1.53. The normalized spacial score (nSPS) is 11.6. The number of aliphatic carboxylic acids is 1. The standard InChI is InChI=1S/C13H24N2O5/c1-10(6-7-11(16)17)9-14-13(19)15(2)8-4-5-12(18)20-3/h10H,4-9H2,1-3H3,(H,14,19)(H,16,17). The van der Waals surface area contributed by atoms with E-state index in [9.17, 15) is 14.4 Å². The topological polar surface area (TPSA) is 95.9 Å². The largest absolute Gasteiger partial charge is 0.481 e. The Morgan fingerprint density at radius 3 is 2.50 bits per heavy atom. The zero-order valence-electron chi connectivity index (χ0n) is 12.3. The molecule has 7 nitrogen and oxygen atoms in total. The summed E-state index contributed by atoms with van der Waals surface area (Å²) in [6.07, 6.45) is 1.46. The third kappa shape index (κ3) is 9.18. The number of urea groups is 1. The predicted molar refractivity (Wildman–Crippen MR) is 73.3 cm³/mol. The summed E-state index contributed by atoms with van der Waals surface area (Å²) in [5.41, 5.74) is 0. The molecular weight excluding hydrogens is 264 g/mol. The summed E-state index contributed by atoms with van der Waals surface area (Å²) in [6, 6.07) is -0.225. The summed E-state index contributed by atoms with van der Waals surface area (Å²) >= 11 is 0. The number of carbonyl (C=O) groups excluding carboxylic acids is 2. The van der Waals surface area contributed by atoms with Crippen LogP contribution in [0.1, 0.15) is 32.6 Å². The van der Waals surface area contributed by atoms with Gasteiger partial charge in [0.05, 0.1) is 7.11 Å². The van der Waals surface area contributed by atoms with Gasteiger partial charge in [-0.1, -0.05) is 6.92 Å². The number of esters is 1. The van der Waals surface area contributed by atoms with Crippen LogP contribution in [-0.4, -0.2) is 55.2 Å². The smallest absolute Gasteiger partial charge is 0.317 e. The van der Waals surface area contributed by atoms with Gasteiger partial charge in [-0.15, -0.1) is 0 Å². The van der Waals surface area contributed by atoms with Crippen LogP contribution >= 0.6 is 0 Å². The van der Waals surface area contributed by atoms with Gasteiger partial charge in [0.1, 0.15) is 0 Å². The SMILES string of the molecule is COC(=O)CCCN(C)C(=O)NCC(C)CCC(=O)O. The lowest BCUT2D eigenvalue weighted by atomic mass is 10.1. The van der Waals surface area contributed by atoms with E-state index in [1.54, 1.807) is 7.05 Å². The summed E-state index contributed by atoms with van der Waals surface area (Å²) in [5.74, 6) is -1.01. The Bertz CT molecular complexity index is 333. The summed E-state index contributed by atoms with van der Waals surface area (Å²) in [7, 11) is 2.98. The van der Waals surface area contributed by atoms with Crippen molar-refractivity contribution in [2.75, 3.05) is 27.2 Å². The number of carbonyl (C=O) groups is 3. The summed E-state index contributed by atoms with van der Waals surface area (Å²) < 4.78 is 4.51. The van der Waals surface area contributed by atoms with Gasteiger partial charge in [-0.3, -0.25) is 9.59 Å². The van der Waals surface area contributed by atoms with Crippen molar-refractivity contribution < 1.29 is 24.2 Å². The number of hydrogen-bond acceptors (Lipinski definition) is 4. The predicted octanol–water partition coefficient (Wildman–Crippen LogP) is 1.08. The van der Waals surface area contributed by atoms with Crippen molar-refractivity contribution in [3.05, 3.63) is 0 Å². The number of rotatable bonds is 9. The first kappa shape index (κ1) is 18.2. The quantitative estimate of drug-likeness (QED) is 0.619. The van der Waals surface area contributed by atoms with Crippen LogP contribution < -0.4 is 5.32 Å². The van der Waals surface area contributed by atoms with E-state index in [-0.39, 0.29) is 30.8 Å². The fourth-order valence-corrected chi connectivity index (χ4v) is 1.53. The molecule has 0 aliphatic carbocycles. The van der Waals surface area contributed by atoms with Crippen molar-refractivity contribution >= 4 is 18.0 Å². The second-order valence-electron chi connectivity index (χ2n) is 4.82. The maximum Gasteiger partial charge on any atom is 0.317 e. The van der Waals surface area contributed by atoms with Gasteiger partial charge < -0.3 is 20.1 Å². The molecule has 0 radical (unpaired) electrons. The van der Waals surface area contributed by atoms with E-state index in [0.717, 1.165) is 0 Å². The monoisotopic (exact) mass is 288 g/mol. The van der Waals surface area contributed by atoms with Gasteiger partial charge in [-0.2, -0.15) is 0 Å². The van der Waals surface area contributed by atoms with E-state index in [0.29, 0.717) is 25.9 Å². The third-order valence-electron chi connectivity index (χ3n) is 2.90. The van der Waals surface area contributed by atoms with Crippen molar-refractivity contribution in [1.82, 2.24) is 10.2 Å². The third-order valence-corrected chi connectivity index (χ3v) is 2.90. The number of carboxylic acids is 1. The molecule has 0 aliphatic heterocycles. The van der Waals surface area contributed by atoms with Crippen LogP contribution in [0.15, 0.2) is 0 Å². The molecule has 2 amide bonds. The molecule has 0 aromatic rings. The molecule has 0 aromatic carbocycles. The average Bonchev–Trinajstić information content (AvgIpc) is 2.41. The van der Waals surface area contributed by atoms with E-state index >= 15 is 0 Å². The number of methoxy groups -OCH3 is 1. The Hall–Kier alpha value is -1.79. The highest BCUT2D eigenvalue weighted by atomic mass is 16.5. The summed E-state index contributed by atoms with van der Waals surface area (Å²) in [6.45, 7) is 2.79. The molecule has 0 fully saturated rings. The van der Waals surface area contributed by atoms with Crippen LogP contribution in [-0.2, 0) is 14.3 Å². The highest BCUT2D eigenvalue weighted by molar-refractivity contribution is 5.74. The molecule has 0 saturated carbocycles. The second kappa shape index (κ2) is 10.1. The Morgan fingerprint density at radius 2 is 1.95 bits per heavy atom. The molecule has 0 spiro atoms. The maximum absolute atomic E-state index is 11.7. The van der Waals surface area contributed by atoms with Crippen molar-refractivity contribution in [1.29, 1.82) is 0 Å². The molecule has 0 saturated heterocycles. The van der Waals surface area contributed by atoms with Gasteiger partial charge >= 0.3 is 18.0 Å². The first-order chi connectivity index (χ1) is 9.36. The van der Waals surface area contributed by atoms with E-state index < -0.39 is 5.97 Å². The zero-order valence-corrected chi connectivity index (χ0v) is 12.3. The van der Waals surface area contributed by atoms with Gasteiger partial charge in [0.2, 0.25) is 0 Å². The number of nitrogens with one attached hydrogen (secondary N) is 1. The highest BCUT2D eigenvalue weighted by Crippen LogP contribution is 2.04. The summed E-state index contributed by atoms with van der Waals surface area (Å²) in [4.78, 5) is 34.5. The molecular formula is C13H24N2O5. The molecule has 2 N–H and O–H groups in total. The van der Waals surface area contributed by atoms with Crippen LogP contribution in [0, 0.1) is 5.92 Å². The van der Waals surface area contributed by atoms with Gasteiger partial charge in [-0.25, -0.2) is 4.79 Å². The van der Waals surface area contributed by atoms with E-state index in [1.165, 1.54) is 12.0 Å². The molecule has 20 heavy (non-hydrogen) atoms. The van der Waals surface area contributed by atoms with Crippen LogP contribution in [0.2, 0.25) is 0 Å². The summed E-state index contributed by atoms with van der Waals surface area (Å²) in [5, 5.41) is 11.3. The van der Waals surface area contributed by atoms with E-state index in [4.69, 9.17) is 5.11 Å². The Balaban J connectivity index is 3.79. The first-order valence-electron chi connectivity index (χ1n) is 6.64. The number of ether oxygens (including phenoxy) is 1. The lowest BCUT2D eigenvalue weighted by Gasteiger charge is -2.19. The van der Waals surface area contributed by atoms with Crippen molar-refractivity contribution in [2.45, 2.75) is 32.6 Å². The Kier molecular flexibility index (Phi) is 9.15. The molecule has 0 heterocycles. The maximum atomic E-state index is 11.7. The van der Waals surface area contributed by atoms with Gasteiger partial charge in [0.25, 0.3) is 0 Å². The average molecular weight is 288 g/mol. The lowest BCUT2D eigenvalue weighted by molar-refractivity contribution is -0.141. The van der Waals surface area contributed by atoms with Crippen molar-refractivity contribution in [3.8, 4) is 0 Å². The molecule has 1 atom stereocenters. The first-order valence-corrected chi connectivity index (χ1v) is 6.64. The molecule has 0 aliphatic rings. The van der Waals surface area contributed by atoms with E-state index in [1.807, 2.05) is 6.92 Å². The second-order valence-corrected chi connectivity index (χ2v) is 4.82. The Labute approximate surface area is 119 Å². The Morgan fingerprint density at radius 1 is 1.30 bits per heavy atom. The molecule has 1 unspecified atom stereocenters. The lowest BCUT2D eigenvalue weighted by Crippen LogP contribution is -2.39. The van der Waals surface area contributed by atoms with Crippen molar-refractivity contribution in [2.24, 2.45) is 5.92 Å². The van der Waals surface area contributed by atoms with Gasteiger partial charge in [0.15, 0.2) is 0 Å². The highest BCUT2D eigenvalue weighted by Gasteiger charge is 2.11. The minimum absolute atomic E-state index is 0.103. The number of hydrogen-bond donors (Lipinski definition) is 2. The minimum Gasteiger partial charge on any atom is -0.481 e. The number of nitrogens with zero attached hydrogens (tertiary/aromatic N) is 1. The van der Waals surface area contributed by atoms with Crippen LogP contribution in [0.4, 0.5) is 4.79 Å². The fraction of sp³-hybridized carbons (Fsp3) is 0.769. The molecule has 0 bridgehead atoms. The van der Waals surface area contributed by atoms with Crippen LogP contribution in [0.5, 0.6) is 0 Å². The van der Waals surface area contributed by atoms with Gasteiger partial charge in [-0.05, 0) is 18.8 Å². The molecule has 0 rings (SSSR count). The van der Waals surface area contributed by atoms with Crippen molar-refractivity contribution in [3.63, 3.8) is 0 Å². The molecule has 116 valence electrons. The number of amides is 2. The van der Waals surface area contributed by atoms with Crippen LogP contribution in [0.3, 0.4) is 0 Å². The van der Waals surface area contributed by atoms with Gasteiger partial charge in [0, 0.05) is 33.0 Å². The number of carboxylic acid groups (broad SMARTS) is 1. The minimum atomic E-state index is -0.830. The zero-order chi connectivity index (χ0) is 15.5. The van der Waals surface area contributed by atoms with E-state index in [2.05, 4.69) is 10.1 Å². The van der Waals surface area contributed by atoms with Crippen LogP contribution in [0.25, 0.3) is 0 Å². The molecule has 7 heteroatoms.